The third-order valence-electron chi connectivity index (χ3n) is 3.48. The van der Waals surface area contributed by atoms with Crippen molar-refractivity contribution >= 4 is 0 Å². The van der Waals surface area contributed by atoms with E-state index in [2.05, 4.69) is 36.1 Å². The fraction of sp³-hybridized carbons (Fsp3) is 1.00. The predicted molar refractivity (Wildman–Crippen MR) is 70.9 cm³/mol. The van der Waals surface area contributed by atoms with E-state index in [4.69, 9.17) is 0 Å². The Morgan fingerprint density at radius 3 is 2.75 bits per heavy atom. The maximum Gasteiger partial charge on any atom is 0.0101 e. The predicted octanol–water partition coefficient (Wildman–Crippen LogP) is 1.40. The Balaban J connectivity index is 1.94. The summed E-state index contributed by atoms with van der Waals surface area (Å²) in [6.07, 6.45) is 5.52. The molecule has 1 N–H and O–H groups in total. The molecular weight excluding hydrogens is 198 g/mol. The van der Waals surface area contributed by atoms with Gasteiger partial charge < -0.3 is 15.1 Å². The molecule has 1 atom stereocenters. The van der Waals surface area contributed by atoms with Gasteiger partial charge in [0.25, 0.3) is 0 Å². The number of piperidine rings is 1. The highest BCUT2D eigenvalue weighted by Crippen LogP contribution is 2.15. The molecular formula is C13H29N3. The monoisotopic (exact) mass is 227 g/mol. The molecule has 0 saturated carbocycles. The highest BCUT2D eigenvalue weighted by atomic mass is 15.2. The minimum atomic E-state index is 0.815. The van der Waals surface area contributed by atoms with Crippen molar-refractivity contribution in [1.82, 2.24) is 15.1 Å². The molecule has 1 saturated heterocycles. The van der Waals surface area contributed by atoms with Crippen LogP contribution in [0.2, 0.25) is 0 Å². The Labute approximate surface area is 101 Å². The normalized spacial score (nSPS) is 22.9. The van der Waals surface area contributed by atoms with E-state index in [0.29, 0.717) is 0 Å². The van der Waals surface area contributed by atoms with E-state index in [9.17, 15) is 0 Å². The van der Waals surface area contributed by atoms with Gasteiger partial charge in [-0.2, -0.15) is 0 Å². The molecule has 0 aromatic heterocycles. The number of nitrogens with one attached hydrogen (secondary N) is 1. The molecule has 1 fully saturated rings. The standard InChI is InChI=1S/C13H29N3/c1-13-7-4-5-10-16(13)11-6-8-14-9-12-15(2)3/h13-14H,4-12H2,1-3H3. The van der Waals surface area contributed by atoms with Crippen LogP contribution < -0.4 is 5.32 Å². The second kappa shape index (κ2) is 8.04. The molecule has 1 aliphatic rings. The van der Waals surface area contributed by atoms with Gasteiger partial charge in [-0.1, -0.05) is 6.42 Å². The van der Waals surface area contributed by atoms with Crippen molar-refractivity contribution in [1.29, 1.82) is 0 Å². The zero-order chi connectivity index (χ0) is 11.8. The molecule has 0 bridgehead atoms. The van der Waals surface area contributed by atoms with Crippen LogP contribution in [0, 0.1) is 0 Å². The van der Waals surface area contributed by atoms with Gasteiger partial charge in [0.05, 0.1) is 0 Å². The maximum atomic E-state index is 3.50. The molecule has 0 spiro atoms. The van der Waals surface area contributed by atoms with Crippen LogP contribution in [0.4, 0.5) is 0 Å². The Morgan fingerprint density at radius 2 is 2.06 bits per heavy atom. The van der Waals surface area contributed by atoms with Crippen molar-refractivity contribution in [3.8, 4) is 0 Å². The molecule has 0 amide bonds. The number of hydrogen-bond donors (Lipinski definition) is 1. The molecule has 3 nitrogen and oxygen atoms in total. The second-order valence-electron chi connectivity index (χ2n) is 5.29. The molecule has 96 valence electrons. The molecule has 16 heavy (non-hydrogen) atoms. The first-order valence-electron chi connectivity index (χ1n) is 6.79. The zero-order valence-electron chi connectivity index (χ0n) is 11.3. The van der Waals surface area contributed by atoms with Crippen molar-refractivity contribution in [2.45, 2.75) is 38.6 Å². The average molecular weight is 227 g/mol. The summed E-state index contributed by atoms with van der Waals surface area (Å²) in [7, 11) is 4.24. The molecule has 1 heterocycles. The molecule has 3 heteroatoms. The first-order valence-corrected chi connectivity index (χ1v) is 6.79. The van der Waals surface area contributed by atoms with Gasteiger partial charge in [0.2, 0.25) is 0 Å². The lowest BCUT2D eigenvalue weighted by Gasteiger charge is -2.33. The summed E-state index contributed by atoms with van der Waals surface area (Å²) in [4.78, 5) is 4.87. The minimum Gasteiger partial charge on any atom is -0.315 e. The van der Waals surface area contributed by atoms with Gasteiger partial charge in [0.1, 0.15) is 0 Å². The van der Waals surface area contributed by atoms with Gasteiger partial charge >= 0.3 is 0 Å². The lowest BCUT2D eigenvalue weighted by Crippen LogP contribution is -2.39. The molecule has 0 aromatic carbocycles. The summed E-state index contributed by atoms with van der Waals surface area (Å²) in [5.74, 6) is 0. The Morgan fingerprint density at radius 1 is 1.25 bits per heavy atom. The zero-order valence-corrected chi connectivity index (χ0v) is 11.3. The van der Waals surface area contributed by atoms with Gasteiger partial charge in [-0.25, -0.2) is 0 Å². The van der Waals surface area contributed by atoms with Gasteiger partial charge in [-0.15, -0.1) is 0 Å². The first kappa shape index (κ1) is 13.9. The molecule has 1 rings (SSSR count). The lowest BCUT2D eigenvalue weighted by molar-refractivity contribution is 0.159. The number of likely N-dealkylation sites (tertiary alicyclic amines) is 1. The van der Waals surface area contributed by atoms with Crippen LogP contribution in [0.5, 0.6) is 0 Å². The van der Waals surface area contributed by atoms with Gasteiger partial charge in [0, 0.05) is 19.1 Å². The van der Waals surface area contributed by atoms with Crippen molar-refractivity contribution in [3.63, 3.8) is 0 Å². The SMILES string of the molecule is CC1CCCCN1CCCNCCN(C)C. The summed E-state index contributed by atoms with van der Waals surface area (Å²) < 4.78 is 0. The van der Waals surface area contributed by atoms with Crippen LogP contribution >= 0.6 is 0 Å². The average Bonchev–Trinajstić information content (AvgIpc) is 2.25. The van der Waals surface area contributed by atoms with Crippen LogP contribution in [0.3, 0.4) is 0 Å². The second-order valence-corrected chi connectivity index (χ2v) is 5.29. The summed E-state index contributed by atoms with van der Waals surface area (Å²) in [6.45, 7) is 8.38. The van der Waals surface area contributed by atoms with E-state index < -0.39 is 0 Å². The number of hydrogen-bond acceptors (Lipinski definition) is 3. The first-order chi connectivity index (χ1) is 7.70. The molecule has 0 radical (unpaired) electrons. The van der Waals surface area contributed by atoms with Gasteiger partial charge in [-0.3, -0.25) is 0 Å². The van der Waals surface area contributed by atoms with Crippen LogP contribution in [0.1, 0.15) is 32.6 Å². The van der Waals surface area contributed by atoms with Crippen molar-refractivity contribution in [3.05, 3.63) is 0 Å². The highest BCUT2D eigenvalue weighted by molar-refractivity contribution is 4.72. The third-order valence-corrected chi connectivity index (χ3v) is 3.48. The molecule has 0 aromatic rings. The van der Waals surface area contributed by atoms with Crippen molar-refractivity contribution < 1.29 is 0 Å². The maximum absolute atomic E-state index is 3.50. The van der Waals surface area contributed by atoms with Gasteiger partial charge in [-0.05, 0) is 59.9 Å². The van der Waals surface area contributed by atoms with E-state index in [1.54, 1.807) is 0 Å². The Hall–Kier alpha value is -0.120. The fourth-order valence-electron chi connectivity index (χ4n) is 2.32. The molecule has 0 aliphatic carbocycles. The van der Waals surface area contributed by atoms with E-state index in [1.165, 1.54) is 38.8 Å². The Kier molecular flexibility index (Phi) is 7.01. The van der Waals surface area contributed by atoms with Crippen molar-refractivity contribution in [2.75, 3.05) is 46.8 Å². The summed E-state index contributed by atoms with van der Waals surface area (Å²) in [5.41, 5.74) is 0. The van der Waals surface area contributed by atoms with Crippen LogP contribution in [0.15, 0.2) is 0 Å². The largest absolute Gasteiger partial charge is 0.315 e. The quantitative estimate of drug-likeness (QED) is 0.663. The number of likely N-dealkylation sites (N-methyl/N-ethyl adjacent to an activating group) is 1. The van der Waals surface area contributed by atoms with Gasteiger partial charge in [0.15, 0.2) is 0 Å². The topological polar surface area (TPSA) is 18.5 Å². The Bertz CT molecular complexity index is 171. The number of nitrogens with zero attached hydrogens (tertiary/aromatic N) is 2. The lowest BCUT2D eigenvalue weighted by atomic mass is 10.0. The minimum absolute atomic E-state index is 0.815. The summed E-state index contributed by atoms with van der Waals surface area (Å²) in [6, 6.07) is 0.815. The summed E-state index contributed by atoms with van der Waals surface area (Å²) in [5, 5.41) is 3.50. The number of rotatable bonds is 7. The van der Waals surface area contributed by atoms with Crippen LogP contribution in [0.25, 0.3) is 0 Å². The van der Waals surface area contributed by atoms with Crippen molar-refractivity contribution in [2.24, 2.45) is 0 Å². The van der Waals surface area contributed by atoms with Crippen LogP contribution in [-0.4, -0.2) is 62.7 Å². The molecule has 1 aliphatic heterocycles. The van der Waals surface area contributed by atoms with Crippen LogP contribution in [-0.2, 0) is 0 Å². The van der Waals surface area contributed by atoms with E-state index in [1.807, 2.05) is 0 Å². The van der Waals surface area contributed by atoms with E-state index in [-0.39, 0.29) is 0 Å². The third kappa shape index (κ3) is 5.83. The highest BCUT2D eigenvalue weighted by Gasteiger charge is 2.16. The fourth-order valence-corrected chi connectivity index (χ4v) is 2.32. The van der Waals surface area contributed by atoms with E-state index in [0.717, 1.165) is 25.7 Å². The summed E-state index contributed by atoms with van der Waals surface area (Å²) >= 11 is 0. The van der Waals surface area contributed by atoms with E-state index >= 15 is 0 Å². The smallest absolute Gasteiger partial charge is 0.0101 e. The molecule has 1 unspecified atom stereocenters.